The van der Waals surface area contributed by atoms with Crippen LogP contribution in [-0.2, 0) is 14.2 Å². The third kappa shape index (κ3) is 1.85. The number of hydrogen-bond donors (Lipinski definition) is 2. The van der Waals surface area contributed by atoms with Gasteiger partial charge < -0.3 is 9.59 Å². The van der Waals surface area contributed by atoms with Crippen LogP contribution in [0.15, 0.2) is 0 Å². The molecule has 0 saturated carbocycles. The van der Waals surface area contributed by atoms with Crippen LogP contribution in [0.5, 0.6) is 0 Å². The first-order valence-electron chi connectivity index (χ1n) is 4.94. The fourth-order valence-corrected chi connectivity index (χ4v) is 62.8. The summed E-state index contributed by atoms with van der Waals surface area (Å²) >= 11 is 0. The van der Waals surface area contributed by atoms with Gasteiger partial charge in [-0.1, -0.05) is 5.04 Å². The first-order chi connectivity index (χ1) is 6.46. The van der Waals surface area contributed by atoms with Crippen LogP contribution in [0.2, 0.25) is 39.3 Å². The molecule has 9 heteroatoms. The molecular formula is C6H20O5Si4. The summed E-state index contributed by atoms with van der Waals surface area (Å²) in [6.07, 6.45) is 0. The molecule has 2 N–H and O–H groups in total. The van der Waals surface area contributed by atoms with Gasteiger partial charge in [0, 0.05) is 0 Å². The summed E-state index contributed by atoms with van der Waals surface area (Å²) in [5.74, 6) is 0. The van der Waals surface area contributed by atoms with Gasteiger partial charge in [0.25, 0.3) is 22.5 Å². The predicted molar refractivity (Wildman–Crippen MR) is 65.9 cm³/mol. The Kier molecular flexibility index (Phi) is 3.28. The summed E-state index contributed by atoms with van der Waals surface area (Å²) in [7, 11) is -7.45. The van der Waals surface area contributed by atoms with Gasteiger partial charge in [-0.15, -0.1) is 0 Å². The summed E-state index contributed by atoms with van der Waals surface area (Å²) < 4.78 is 10.4. The lowest BCUT2D eigenvalue weighted by molar-refractivity contribution is -0.429. The summed E-state index contributed by atoms with van der Waals surface area (Å²) in [6.45, 7) is 8.28. The number of hydrogen-bond acceptors (Lipinski definition) is 5. The van der Waals surface area contributed by atoms with E-state index in [4.69, 9.17) is 14.2 Å². The predicted octanol–water partition coefficient (Wildman–Crippen LogP) is 0.660. The van der Waals surface area contributed by atoms with Crippen molar-refractivity contribution in [3.8, 4) is 0 Å². The van der Waals surface area contributed by atoms with Crippen LogP contribution in [0.4, 0.5) is 0 Å². The molecule has 1 saturated heterocycles. The summed E-state index contributed by atoms with van der Waals surface area (Å²) in [5, 5.41) is 4.70. The van der Waals surface area contributed by atoms with Gasteiger partial charge in [0.2, 0.25) is 7.83 Å². The van der Waals surface area contributed by atoms with Gasteiger partial charge in [0.1, 0.15) is 0 Å². The van der Waals surface area contributed by atoms with E-state index in [1.165, 1.54) is 0 Å². The monoisotopic (exact) mass is 284 g/mol. The second-order valence-corrected chi connectivity index (χ2v) is 38.3. The maximum absolute atomic E-state index is 11.0. The highest BCUT2D eigenvalue weighted by Crippen LogP contribution is 2.37. The van der Waals surface area contributed by atoms with E-state index in [-0.39, 0.29) is 0 Å². The molecule has 0 radical (unpaired) electrons. The lowest BCUT2D eigenvalue weighted by Gasteiger charge is -2.51. The van der Waals surface area contributed by atoms with E-state index in [1.54, 1.807) is 13.1 Å². The molecule has 0 amide bonds. The Bertz CT molecular complexity index is 245. The van der Waals surface area contributed by atoms with Crippen LogP contribution in [0.25, 0.3) is 0 Å². The first-order valence-corrected chi connectivity index (χ1v) is 18.6. The van der Waals surface area contributed by atoms with Crippen LogP contribution >= 0.6 is 0 Å². The summed E-state index contributed by atoms with van der Waals surface area (Å²) in [4.78, 5) is 21.4. The van der Waals surface area contributed by atoms with Gasteiger partial charge in [0.05, 0.1) is 0 Å². The van der Waals surface area contributed by atoms with Crippen LogP contribution in [0.1, 0.15) is 0 Å². The minimum Gasteiger partial charge on any atom is -0.432 e. The Hall–Kier alpha value is 0.668. The standard InChI is InChI=1S/C6H20O5Si4/c1-12(2,7)15(8)13(3,4)10-9-11-14(15,5)6/h7-8H,1-6H3. The second kappa shape index (κ2) is 3.58. The van der Waals surface area contributed by atoms with Crippen molar-refractivity contribution >= 4 is 30.4 Å². The molecule has 0 aromatic heterocycles. The Morgan fingerprint density at radius 1 is 0.933 bits per heavy atom. The van der Waals surface area contributed by atoms with Crippen LogP contribution in [-0.4, -0.2) is 40.0 Å². The molecule has 1 rings (SSSR count). The fourth-order valence-electron chi connectivity index (χ4n) is 2.51. The Morgan fingerprint density at radius 2 is 1.27 bits per heavy atom. The van der Waals surface area contributed by atoms with Crippen LogP contribution in [0, 0.1) is 0 Å². The summed E-state index contributed by atoms with van der Waals surface area (Å²) in [6, 6.07) is 0. The zero-order valence-electron chi connectivity index (χ0n) is 10.1. The van der Waals surface area contributed by atoms with E-state index in [0.29, 0.717) is 0 Å². The van der Waals surface area contributed by atoms with Crippen molar-refractivity contribution < 1.29 is 23.8 Å². The molecule has 5 nitrogen and oxygen atoms in total. The van der Waals surface area contributed by atoms with Crippen molar-refractivity contribution in [2.24, 2.45) is 0 Å². The van der Waals surface area contributed by atoms with Crippen LogP contribution in [0.3, 0.4) is 0 Å². The maximum Gasteiger partial charge on any atom is 0.254 e. The smallest absolute Gasteiger partial charge is 0.254 e. The van der Waals surface area contributed by atoms with Crippen molar-refractivity contribution in [2.45, 2.75) is 39.3 Å². The average Bonchev–Trinajstić information content (AvgIpc) is 1.97. The molecule has 1 fully saturated rings. The fraction of sp³-hybridized carbons (Fsp3) is 1.00. The first kappa shape index (κ1) is 13.7. The van der Waals surface area contributed by atoms with Crippen molar-refractivity contribution in [3.63, 3.8) is 0 Å². The van der Waals surface area contributed by atoms with Crippen molar-refractivity contribution in [1.29, 1.82) is 0 Å². The molecule has 0 atom stereocenters. The van der Waals surface area contributed by atoms with E-state index in [2.05, 4.69) is 0 Å². The van der Waals surface area contributed by atoms with Crippen molar-refractivity contribution in [1.82, 2.24) is 0 Å². The van der Waals surface area contributed by atoms with Gasteiger partial charge in [-0.3, -0.25) is 9.15 Å². The molecule has 1 aliphatic rings. The Morgan fingerprint density at radius 3 is 1.47 bits per heavy atom. The van der Waals surface area contributed by atoms with Crippen molar-refractivity contribution in [2.75, 3.05) is 0 Å². The minimum absolute atomic E-state index is 1.78. The molecule has 0 aromatic carbocycles. The molecular weight excluding hydrogens is 264 g/mol. The highest BCUT2D eigenvalue weighted by molar-refractivity contribution is 7.84. The molecule has 0 bridgehead atoms. The topological polar surface area (TPSA) is 68.2 Å². The lowest BCUT2D eigenvalue weighted by atomic mass is 11.9. The molecule has 0 aliphatic carbocycles. The largest absolute Gasteiger partial charge is 0.432 e. The van der Waals surface area contributed by atoms with Gasteiger partial charge in [-0.05, 0) is 39.3 Å². The Balaban J connectivity index is 3.29. The Labute approximate surface area is 93.7 Å². The van der Waals surface area contributed by atoms with Gasteiger partial charge in [-0.25, -0.2) is 0 Å². The van der Waals surface area contributed by atoms with Crippen molar-refractivity contribution in [3.05, 3.63) is 0 Å². The van der Waals surface area contributed by atoms with E-state index < -0.39 is 30.4 Å². The molecule has 1 aliphatic heterocycles. The van der Waals surface area contributed by atoms with Gasteiger partial charge in [0.15, 0.2) is 0 Å². The van der Waals surface area contributed by atoms with E-state index >= 15 is 0 Å². The molecule has 90 valence electrons. The maximum atomic E-state index is 11.0. The SMILES string of the molecule is C[Si](C)(O)[Si]1(O)[Si](C)(C)OOO[Si]1(C)C. The molecule has 1 heterocycles. The number of rotatable bonds is 1. The second-order valence-electron chi connectivity index (χ2n) is 5.52. The molecule has 0 spiro atoms. The lowest BCUT2D eigenvalue weighted by Crippen LogP contribution is -2.88. The van der Waals surface area contributed by atoms with Gasteiger partial charge in [-0.2, -0.15) is 0 Å². The van der Waals surface area contributed by atoms with E-state index in [1.807, 2.05) is 26.2 Å². The summed E-state index contributed by atoms with van der Waals surface area (Å²) in [5.41, 5.74) is 0. The molecule has 15 heavy (non-hydrogen) atoms. The highest BCUT2D eigenvalue weighted by Gasteiger charge is 2.75. The quantitative estimate of drug-likeness (QED) is 0.547. The third-order valence-electron chi connectivity index (χ3n) is 3.11. The van der Waals surface area contributed by atoms with Crippen LogP contribution < -0.4 is 0 Å². The average molecular weight is 285 g/mol. The normalized spacial score (nSPS) is 28.8. The minimum atomic E-state index is -2.89. The highest BCUT2D eigenvalue weighted by atomic mass is 29.9. The third-order valence-corrected chi connectivity index (χ3v) is 58.3. The zero-order chi connectivity index (χ0) is 12.1. The van der Waals surface area contributed by atoms with E-state index in [9.17, 15) is 9.59 Å². The molecule has 0 aromatic rings. The van der Waals surface area contributed by atoms with E-state index in [0.717, 1.165) is 0 Å². The van der Waals surface area contributed by atoms with Gasteiger partial charge >= 0.3 is 0 Å². The molecule has 0 unspecified atom stereocenters. The zero-order valence-corrected chi connectivity index (χ0v) is 14.1.